The van der Waals surface area contributed by atoms with Crippen molar-refractivity contribution in [3.63, 3.8) is 0 Å². The molecule has 2 N–H and O–H groups in total. The number of aryl methyl sites for hydroxylation is 1. The average Bonchev–Trinajstić information content (AvgIpc) is 3.20. The van der Waals surface area contributed by atoms with E-state index in [1.165, 1.54) is 11.8 Å². The van der Waals surface area contributed by atoms with Gasteiger partial charge < -0.3 is 20.1 Å². The lowest BCUT2D eigenvalue weighted by Gasteiger charge is -2.13. The van der Waals surface area contributed by atoms with Crippen molar-refractivity contribution in [3.8, 4) is 17.6 Å². The summed E-state index contributed by atoms with van der Waals surface area (Å²) < 4.78 is 10.6. The van der Waals surface area contributed by atoms with E-state index in [-0.39, 0.29) is 18.4 Å². The second-order valence-electron chi connectivity index (χ2n) is 6.52. The Morgan fingerprint density at radius 3 is 2.61 bits per heavy atom. The highest BCUT2D eigenvalue weighted by Gasteiger charge is 2.14. The number of amides is 1. The highest BCUT2D eigenvalue weighted by molar-refractivity contribution is 5.97. The number of fused-ring (bicyclic) bond motifs is 1. The first-order valence-electron chi connectivity index (χ1n) is 9.22. The van der Waals surface area contributed by atoms with E-state index >= 15 is 0 Å². The van der Waals surface area contributed by atoms with E-state index in [0.717, 1.165) is 17.5 Å². The quantitative estimate of drug-likeness (QED) is 0.571. The Kier molecular flexibility index (Phi) is 6.18. The van der Waals surface area contributed by atoms with Gasteiger partial charge in [-0.15, -0.1) is 0 Å². The summed E-state index contributed by atoms with van der Waals surface area (Å²) in [5, 5.41) is 15.2. The monoisotopic (exact) mass is 377 g/mol. The molecule has 0 bridgehead atoms. The molecule has 0 fully saturated rings. The molecule has 1 aliphatic heterocycles. The summed E-state index contributed by atoms with van der Waals surface area (Å²) in [5.41, 5.74) is 3.25. The second-order valence-corrected chi connectivity index (χ2v) is 6.52. The molecule has 0 spiro atoms. The van der Waals surface area contributed by atoms with Crippen molar-refractivity contribution in [1.29, 1.82) is 5.26 Å². The molecule has 6 heteroatoms. The lowest BCUT2D eigenvalue weighted by atomic mass is 10.1. The summed E-state index contributed by atoms with van der Waals surface area (Å²) in [6.45, 7) is 4.60. The Labute approximate surface area is 164 Å². The lowest BCUT2D eigenvalue weighted by molar-refractivity contribution is -0.117. The summed E-state index contributed by atoms with van der Waals surface area (Å²) in [5.74, 6) is 0.923. The van der Waals surface area contributed by atoms with Crippen LogP contribution in [-0.4, -0.2) is 12.7 Å². The van der Waals surface area contributed by atoms with E-state index < -0.39 is 5.91 Å². The van der Waals surface area contributed by atoms with Crippen molar-refractivity contribution in [2.24, 2.45) is 0 Å². The van der Waals surface area contributed by atoms with Gasteiger partial charge in [0.2, 0.25) is 6.79 Å². The first-order chi connectivity index (χ1) is 13.6. The van der Waals surface area contributed by atoms with Crippen molar-refractivity contribution in [2.75, 3.05) is 6.79 Å². The van der Waals surface area contributed by atoms with Gasteiger partial charge in [-0.3, -0.25) is 4.79 Å². The Hall–Kier alpha value is -3.46. The number of nitrogens with one attached hydrogen (secondary N) is 2. The van der Waals surface area contributed by atoms with Gasteiger partial charge >= 0.3 is 0 Å². The van der Waals surface area contributed by atoms with Crippen molar-refractivity contribution in [2.45, 2.75) is 32.9 Å². The topological polar surface area (TPSA) is 83.4 Å². The third-order valence-electron chi connectivity index (χ3n) is 4.62. The van der Waals surface area contributed by atoms with Gasteiger partial charge in [0.25, 0.3) is 5.91 Å². The van der Waals surface area contributed by atoms with Gasteiger partial charge in [-0.05, 0) is 42.2 Å². The maximum atomic E-state index is 12.3. The third kappa shape index (κ3) is 4.63. The molecule has 28 heavy (non-hydrogen) atoms. The van der Waals surface area contributed by atoms with Crippen LogP contribution < -0.4 is 20.1 Å². The second kappa shape index (κ2) is 8.96. The number of hydrogen-bond acceptors (Lipinski definition) is 5. The molecular formula is C22H23N3O3. The Morgan fingerprint density at radius 1 is 1.18 bits per heavy atom. The summed E-state index contributed by atoms with van der Waals surface area (Å²) >= 11 is 0. The van der Waals surface area contributed by atoms with Gasteiger partial charge in [-0.25, -0.2) is 0 Å². The molecule has 0 aliphatic carbocycles. The van der Waals surface area contributed by atoms with Crippen LogP contribution in [0.2, 0.25) is 0 Å². The van der Waals surface area contributed by atoms with Crippen molar-refractivity contribution in [3.05, 3.63) is 70.9 Å². The van der Waals surface area contributed by atoms with Crippen molar-refractivity contribution < 1.29 is 14.3 Å². The molecule has 3 rings (SSSR count). The van der Waals surface area contributed by atoms with Crippen LogP contribution in [0.5, 0.6) is 11.5 Å². The number of carbonyl (C=O) groups excluding carboxylic acids is 1. The molecule has 144 valence electrons. The van der Waals surface area contributed by atoms with E-state index in [0.29, 0.717) is 18.0 Å². The first kappa shape index (κ1) is 19.3. The third-order valence-corrected chi connectivity index (χ3v) is 4.62. The largest absolute Gasteiger partial charge is 0.454 e. The number of nitrogens with zero attached hydrogens (tertiary/aromatic N) is 1. The highest BCUT2D eigenvalue weighted by Crippen LogP contribution is 2.32. The Morgan fingerprint density at radius 2 is 1.89 bits per heavy atom. The van der Waals surface area contributed by atoms with Crippen LogP contribution in [0.3, 0.4) is 0 Å². The molecule has 0 aromatic heterocycles. The molecule has 1 atom stereocenters. The molecule has 1 heterocycles. The number of nitriles is 1. The molecule has 0 saturated heterocycles. The molecule has 1 unspecified atom stereocenters. The standard InChI is InChI=1S/C22H23N3O3/c1-3-16-4-7-18(8-5-16)15(2)24-13-19(11-23)22(26)25-12-17-6-9-20-21(10-17)28-14-27-20/h4-10,13,15,24H,3,12,14H2,1-2H3,(H,25,26)/b19-13-. The van der Waals surface area contributed by atoms with Crippen LogP contribution in [0.25, 0.3) is 0 Å². The maximum absolute atomic E-state index is 12.3. The van der Waals surface area contributed by atoms with Gasteiger partial charge in [0.15, 0.2) is 11.5 Å². The maximum Gasteiger partial charge on any atom is 0.263 e. The normalized spacial score (nSPS) is 13.5. The number of hydrogen-bond donors (Lipinski definition) is 2. The molecular weight excluding hydrogens is 354 g/mol. The van der Waals surface area contributed by atoms with Gasteiger partial charge in [0.05, 0.1) is 0 Å². The molecule has 0 radical (unpaired) electrons. The minimum atomic E-state index is -0.429. The fraction of sp³-hybridized carbons (Fsp3) is 0.273. The SMILES string of the molecule is CCc1ccc(C(C)N/C=C(/C#N)C(=O)NCc2ccc3c(c2)OCO3)cc1. The van der Waals surface area contributed by atoms with Crippen LogP contribution >= 0.6 is 0 Å². The van der Waals surface area contributed by atoms with Gasteiger partial charge in [0, 0.05) is 18.8 Å². The summed E-state index contributed by atoms with van der Waals surface area (Å²) in [6, 6.07) is 15.7. The molecule has 1 amide bonds. The van der Waals surface area contributed by atoms with E-state index in [1.807, 2.05) is 25.1 Å². The zero-order chi connectivity index (χ0) is 19.9. The predicted octanol–water partition coefficient (Wildman–Crippen LogP) is 3.35. The summed E-state index contributed by atoms with van der Waals surface area (Å²) in [4.78, 5) is 12.3. The Balaban J connectivity index is 1.57. The van der Waals surface area contributed by atoms with Gasteiger partial charge in [-0.2, -0.15) is 5.26 Å². The smallest absolute Gasteiger partial charge is 0.263 e. The average molecular weight is 377 g/mol. The zero-order valence-corrected chi connectivity index (χ0v) is 16.0. The molecule has 2 aromatic carbocycles. The summed E-state index contributed by atoms with van der Waals surface area (Å²) in [6.07, 6.45) is 2.46. The van der Waals surface area contributed by atoms with E-state index in [4.69, 9.17) is 9.47 Å². The molecule has 2 aromatic rings. The van der Waals surface area contributed by atoms with E-state index in [1.54, 1.807) is 6.07 Å². The lowest BCUT2D eigenvalue weighted by Crippen LogP contribution is -2.25. The van der Waals surface area contributed by atoms with Crippen LogP contribution in [0.15, 0.2) is 54.2 Å². The number of benzene rings is 2. The number of ether oxygens (including phenoxy) is 2. The van der Waals surface area contributed by atoms with Crippen LogP contribution in [-0.2, 0) is 17.8 Å². The van der Waals surface area contributed by atoms with Gasteiger partial charge in [-0.1, -0.05) is 37.3 Å². The molecule has 0 saturated carbocycles. The minimum Gasteiger partial charge on any atom is -0.454 e. The van der Waals surface area contributed by atoms with Crippen LogP contribution in [0, 0.1) is 11.3 Å². The molecule has 1 aliphatic rings. The van der Waals surface area contributed by atoms with E-state index in [9.17, 15) is 10.1 Å². The van der Waals surface area contributed by atoms with Crippen molar-refractivity contribution >= 4 is 5.91 Å². The highest BCUT2D eigenvalue weighted by atomic mass is 16.7. The van der Waals surface area contributed by atoms with Crippen LogP contribution in [0.1, 0.15) is 36.6 Å². The minimum absolute atomic E-state index is 0.0177. The fourth-order valence-electron chi connectivity index (χ4n) is 2.82. The zero-order valence-electron chi connectivity index (χ0n) is 16.0. The van der Waals surface area contributed by atoms with Crippen LogP contribution in [0.4, 0.5) is 0 Å². The number of carbonyl (C=O) groups is 1. The number of rotatable bonds is 7. The fourth-order valence-corrected chi connectivity index (χ4v) is 2.82. The van der Waals surface area contributed by atoms with Gasteiger partial charge in [0.1, 0.15) is 11.6 Å². The van der Waals surface area contributed by atoms with Crippen molar-refractivity contribution in [1.82, 2.24) is 10.6 Å². The van der Waals surface area contributed by atoms with E-state index in [2.05, 4.69) is 41.8 Å². The predicted molar refractivity (Wildman–Crippen MR) is 105 cm³/mol. The Bertz CT molecular complexity index is 914. The first-order valence-corrected chi connectivity index (χ1v) is 9.22. The summed E-state index contributed by atoms with van der Waals surface area (Å²) in [7, 11) is 0. The molecule has 6 nitrogen and oxygen atoms in total.